The van der Waals surface area contributed by atoms with Crippen molar-refractivity contribution in [1.82, 2.24) is 15.0 Å². The summed E-state index contributed by atoms with van der Waals surface area (Å²) in [6, 6.07) is 40.0. The first-order valence-electron chi connectivity index (χ1n) is 15.4. The van der Waals surface area contributed by atoms with Gasteiger partial charge < -0.3 is 0 Å². The first-order chi connectivity index (χ1) is 22.2. The molecule has 0 spiro atoms. The highest BCUT2D eigenvalue weighted by Crippen LogP contribution is 2.24. The predicted octanol–water partition coefficient (Wildman–Crippen LogP) is 11.4. The second kappa shape index (κ2) is 17.0. The van der Waals surface area contributed by atoms with Crippen LogP contribution in [0, 0.1) is 6.92 Å². The SMILES string of the molecule is CC.CC.Cc1nc(Cc2ccc(N=Nc3ccccc3)cc2)nc(Cc2ccc(N=Nc3ccc4ccccc4c3)cc2)n1. The van der Waals surface area contributed by atoms with E-state index in [1.54, 1.807) is 0 Å². The van der Waals surface area contributed by atoms with Gasteiger partial charge in [0.25, 0.3) is 0 Å². The lowest BCUT2D eigenvalue weighted by Gasteiger charge is -2.06. The summed E-state index contributed by atoms with van der Waals surface area (Å²) >= 11 is 0. The third-order valence-corrected chi connectivity index (χ3v) is 6.49. The van der Waals surface area contributed by atoms with Crippen LogP contribution in [0.15, 0.2) is 142 Å². The second-order valence-corrected chi connectivity index (χ2v) is 9.67. The van der Waals surface area contributed by atoms with E-state index < -0.39 is 0 Å². The van der Waals surface area contributed by atoms with Gasteiger partial charge in [0.15, 0.2) is 0 Å². The summed E-state index contributed by atoms with van der Waals surface area (Å²) in [6.45, 7) is 9.90. The summed E-state index contributed by atoms with van der Waals surface area (Å²) in [6.07, 6.45) is 1.22. The van der Waals surface area contributed by atoms with Crippen LogP contribution in [0.3, 0.4) is 0 Å². The molecular weight excluding hydrogens is 554 g/mol. The predicted molar refractivity (Wildman–Crippen MR) is 184 cm³/mol. The molecule has 0 aliphatic heterocycles. The second-order valence-electron chi connectivity index (χ2n) is 9.67. The maximum atomic E-state index is 4.74. The highest BCUT2D eigenvalue weighted by atomic mass is 15.1. The quantitative estimate of drug-likeness (QED) is 0.164. The van der Waals surface area contributed by atoms with E-state index in [9.17, 15) is 0 Å². The summed E-state index contributed by atoms with van der Waals surface area (Å²) in [5.41, 5.74) is 5.43. The number of fused-ring (bicyclic) bond motifs is 1. The van der Waals surface area contributed by atoms with Crippen LogP contribution in [-0.4, -0.2) is 15.0 Å². The molecule has 0 bridgehead atoms. The van der Waals surface area contributed by atoms with Gasteiger partial charge in [-0.15, -0.1) is 0 Å². The summed E-state index contributed by atoms with van der Waals surface area (Å²) < 4.78 is 0. The number of hydrogen-bond acceptors (Lipinski definition) is 7. The van der Waals surface area contributed by atoms with Crippen LogP contribution in [-0.2, 0) is 12.8 Å². The van der Waals surface area contributed by atoms with Gasteiger partial charge in [0, 0.05) is 12.8 Å². The Balaban J connectivity index is 0.00000111. The molecule has 0 aliphatic rings. The van der Waals surface area contributed by atoms with Crippen molar-refractivity contribution in [3.63, 3.8) is 0 Å². The van der Waals surface area contributed by atoms with E-state index in [0.717, 1.165) is 50.9 Å². The van der Waals surface area contributed by atoms with Crippen molar-refractivity contribution in [2.24, 2.45) is 20.5 Å². The topological polar surface area (TPSA) is 88.1 Å². The number of benzene rings is 5. The molecule has 6 rings (SSSR count). The molecule has 1 aromatic heterocycles. The highest BCUT2D eigenvalue weighted by molar-refractivity contribution is 5.85. The van der Waals surface area contributed by atoms with Crippen LogP contribution < -0.4 is 0 Å². The first-order valence-corrected chi connectivity index (χ1v) is 15.4. The van der Waals surface area contributed by atoms with E-state index >= 15 is 0 Å². The van der Waals surface area contributed by atoms with Crippen LogP contribution in [0.5, 0.6) is 0 Å². The van der Waals surface area contributed by atoms with Gasteiger partial charge in [0.05, 0.1) is 22.7 Å². The maximum Gasteiger partial charge on any atom is 0.136 e. The first kappa shape index (κ1) is 32.5. The minimum atomic E-state index is 0.608. The van der Waals surface area contributed by atoms with Gasteiger partial charge in [-0.3, -0.25) is 0 Å². The fourth-order valence-electron chi connectivity index (χ4n) is 4.45. The van der Waals surface area contributed by atoms with E-state index in [2.05, 4.69) is 48.6 Å². The van der Waals surface area contributed by atoms with Crippen molar-refractivity contribution in [2.75, 3.05) is 0 Å². The number of rotatable bonds is 8. The van der Waals surface area contributed by atoms with Crippen molar-refractivity contribution in [3.05, 3.63) is 150 Å². The number of hydrogen-bond donors (Lipinski definition) is 0. The van der Waals surface area contributed by atoms with Crippen molar-refractivity contribution in [3.8, 4) is 0 Å². The lowest BCUT2D eigenvalue weighted by atomic mass is 10.1. The third-order valence-electron chi connectivity index (χ3n) is 6.49. The number of aryl methyl sites for hydroxylation is 1. The molecular formula is C38H39N7. The largest absolute Gasteiger partial charge is 0.218 e. The zero-order valence-electron chi connectivity index (χ0n) is 26.6. The monoisotopic (exact) mass is 593 g/mol. The molecule has 5 aromatic carbocycles. The molecule has 226 valence electrons. The van der Waals surface area contributed by atoms with Crippen LogP contribution in [0.25, 0.3) is 10.8 Å². The van der Waals surface area contributed by atoms with Crippen molar-refractivity contribution in [1.29, 1.82) is 0 Å². The Hall–Kier alpha value is -5.43. The number of nitrogens with zero attached hydrogens (tertiary/aromatic N) is 7. The molecule has 6 aromatic rings. The molecule has 0 radical (unpaired) electrons. The van der Waals surface area contributed by atoms with Gasteiger partial charge >= 0.3 is 0 Å². The maximum absolute atomic E-state index is 4.74. The average molecular weight is 594 g/mol. The zero-order chi connectivity index (χ0) is 31.9. The molecule has 45 heavy (non-hydrogen) atoms. The summed E-state index contributed by atoms with van der Waals surface area (Å²) in [5.74, 6) is 2.19. The van der Waals surface area contributed by atoms with Gasteiger partial charge in [0.2, 0.25) is 0 Å². The molecule has 0 amide bonds. The molecule has 0 saturated heterocycles. The smallest absolute Gasteiger partial charge is 0.136 e. The molecule has 0 unspecified atom stereocenters. The fraction of sp³-hybridized carbons (Fsp3) is 0.184. The molecule has 0 fully saturated rings. The molecule has 1 heterocycles. The van der Waals surface area contributed by atoms with Crippen LogP contribution in [0.1, 0.15) is 56.3 Å². The Morgan fingerprint density at radius 1 is 0.422 bits per heavy atom. The van der Waals surface area contributed by atoms with E-state index in [-0.39, 0.29) is 0 Å². The summed E-state index contributed by atoms with van der Waals surface area (Å²) in [7, 11) is 0. The van der Waals surface area contributed by atoms with Gasteiger partial charge in [-0.1, -0.05) is 100 Å². The van der Waals surface area contributed by atoms with E-state index in [1.165, 1.54) is 5.39 Å². The van der Waals surface area contributed by atoms with Gasteiger partial charge in [0.1, 0.15) is 17.5 Å². The molecule has 0 N–H and O–H groups in total. The van der Waals surface area contributed by atoms with Crippen LogP contribution in [0.4, 0.5) is 22.7 Å². The molecule has 7 heteroatoms. The number of aromatic nitrogens is 3. The summed E-state index contributed by atoms with van der Waals surface area (Å²) in [4.78, 5) is 13.9. The fourth-order valence-corrected chi connectivity index (χ4v) is 4.45. The van der Waals surface area contributed by atoms with E-state index in [1.807, 2.05) is 138 Å². The molecule has 0 atom stereocenters. The Kier molecular flexibility index (Phi) is 12.3. The zero-order valence-corrected chi connectivity index (χ0v) is 26.6. The number of azo groups is 2. The van der Waals surface area contributed by atoms with Crippen LogP contribution in [0.2, 0.25) is 0 Å². The van der Waals surface area contributed by atoms with Crippen molar-refractivity contribution >= 4 is 33.5 Å². The lowest BCUT2D eigenvalue weighted by Crippen LogP contribution is -2.06. The molecule has 0 aliphatic carbocycles. The standard InChI is InChI=1S/C34H27N7.2C2H6/c1-24-35-33(21-25-11-16-30(17-12-25)39-38-29-9-3-2-4-10-29)37-34(36-24)22-26-13-18-31(19-14-26)40-41-32-20-15-27-7-5-6-8-28(27)23-32;2*1-2/h2-20,23H,21-22H2,1H3;2*1-2H3. The summed E-state index contributed by atoms with van der Waals surface area (Å²) in [5, 5.41) is 19.7. The van der Waals surface area contributed by atoms with Gasteiger partial charge in [-0.2, -0.15) is 20.5 Å². The Bertz CT molecular complexity index is 1830. The van der Waals surface area contributed by atoms with Crippen molar-refractivity contribution < 1.29 is 0 Å². The minimum absolute atomic E-state index is 0.608. The van der Waals surface area contributed by atoms with E-state index in [4.69, 9.17) is 4.98 Å². The Morgan fingerprint density at radius 3 is 1.38 bits per heavy atom. The molecule has 0 saturated carbocycles. The average Bonchev–Trinajstić information content (AvgIpc) is 3.09. The Labute approximate surface area is 265 Å². The third kappa shape index (κ3) is 9.79. The minimum Gasteiger partial charge on any atom is -0.218 e. The van der Waals surface area contributed by atoms with E-state index in [0.29, 0.717) is 18.7 Å². The van der Waals surface area contributed by atoms with Gasteiger partial charge in [-0.05, 0) is 77.4 Å². The normalized spacial score (nSPS) is 10.8. The van der Waals surface area contributed by atoms with Gasteiger partial charge in [-0.25, -0.2) is 15.0 Å². The molecule has 7 nitrogen and oxygen atoms in total. The Morgan fingerprint density at radius 2 is 0.844 bits per heavy atom. The highest BCUT2D eigenvalue weighted by Gasteiger charge is 2.07. The lowest BCUT2D eigenvalue weighted by molar-refractivity contribution is 0.818. The van der Waals surface area contributed by atoms with Crippen LogP contribution >= 0.6 is 0 Å². The van der Waals surface area contributed by atoms with Crippen molar-refractivity contribution in [2.45, 2.75) is 47.5 Å².